The van der Waals surface area contributed by atoms with Crippen LogP contribution in [0.5, 0.6) is 0 Å². The van der Waals surface area contributed by atoms with Crippen LogP contribution >= 0.6 is 0 Å². The number of likely N-dealkylation sites (tertiary alicyclic amines) is 1. The topological polar surface area (TPSA) is 110 Å². The summed E-state index contributed by atoms with van der Waals surface area (Å²) in [6.07, 6.45) is 0.0656. The molecule has 2 rings (SSSR count). The van der Waals surface area contributed by atoms with E-state index in [9.17, 15) is 17.8 Å². The quantitative estimate of drug-likeness (QED) is 0.525. The lowest BCUT2D eigenvalue weighted by Gasteiger charge is -2.40. The molecule has 1 saturated heterocycles. The molecule has 0 aliphatic carbocycles. The van der Waals surface area contributed by atoms with Gasteiger partial charge in [-0.3, -0.25) is 9.45 Å². The number of piperidine rings is 1. The second kappa shape index (κ2) is 7.82. The third-order valence-electron chi connectivity index (χ3n) is 4.22. The average molecular weight is 357 g/mol. The zero-order chi connectivity index (χ0) is 17.7. The van der Waals surface area contributed by atoms with Crippen LogP contribution < -0.4 is 5.32 Å². The highest BCUT2D eigenvalue weighted by atomic mass is 32.2. The molecule has 1 heterocycles. The summed E-state index contributed by atoms with van der Waals surface area (Å²) >= 11 is 0. The molecular formula is C15H23N3O5S. The molecule has 1 aromatic carbocycles. The van der Waals surface area contributed by atoms with Crippen molar-refractivity contribution in [2.75, 3.05) is 25.0 Å². The third-order valence-corrected chi connectivity index (χ3v) is 5.17. The fourth-order valence-electron chi connectivity index (χ4n) is 3.01. The second-order valence-electron chi connectivity index (χ2n) is 5.71. The van der Waals surface area contributed by atoms with Crippen LogP contribution in [0, 0.1) is 0 Å². The van der Waals surface area contributed by atoms with Crippen molar-refractivity contribution in [3.63, 3.8) is 0 Å². The van der Waals surface area contributed by atoms with Gasteiger partial charge in [-0.05, 0) is 31.5 Å². The fourth-order valence-corrected chi connectivity index (χ4v) is 3.96. The smallest absolute Gasteiger partial charge is 0.407 e. The highest BCUT2D eigenvalue weighted by molar-refractivity contribution is 7.86. The van der Waals surface area contributed by atoms with Gasteiger partial charge in [-0.15, -0.1) is 0 Å². The van der Waals surface area contributed by atoms with Gasteiger partial charge in [0.15, 0.2) is 0 Å². The standard InChI is InChI=1S/C15H23N3O5S/c1-2-18(13-8-10-17(11-9-13)15(19)20)14(24(21,22)23)16-12-6-4-3-5-7-12/h3-7,13-14,16H,2,8-11H2,1H3,(H,19,20)(H,21,22,23). The number of para-hydroxylation sites is 1. The van der Waals surface area contributed by atoms with Crippen LogP contribution in [0.3, 0.4) is 0 Å². The van der Waals surface area contributed by atoms with Crippen LogP contribution in [0.4, 0.5) is 10.5 Å². The minimum absolute atomic E-state index is 0.131. The minimum atomic E-state index is -4.37. The number of amides is 1. The molecule has 1 aliphatic heterocycles. The van der Waals surface area contributed by atoms with Gasteiger partial charge in [0.05, 0.1) is 0 Å². The summed E-state index contributed by atoms with van der Waals surface area (Å²) in [5.41, 5.74) is -0.687. The first kappa shape index (κ1) is 18.5. The third kappa shape index (κ3) is 4.59. The molecular weight excluding hydrogens is 334 g/mol. The fraction of sp³-hybridized carbons (Fsp3) is 0.533. The van der Waals surface area contributed by atoms with E-state index in [1.807, 2.05) is 13.0 Å². The number of carbonyl (C=O) groups is 1. The van der Waals surface area contributed by atoms with Crippen LogP contribution in [0.15, 0.2) is 30.3 Å². The first-order valence-electron chi connectivity index (χ1n) is 7.84. The summed E-state index contributed by atoms with van der Waals surface area (Å²) in [6, 6.07) is 8.66. The van der Waals surface area contributed by atoms with Gasteiger partial charge in [0.25, 0.3) is 0 Å². The summed E-state index contributed by atoms with van der Waals surface area (Å²) in [6.45, 7) is 2.91. The van der Waals surface area contributed by atoms with E-state index in [0.29, 0.717) is 38.2 Å². The normalized spacial score (nSPS) is 17.7. The van der Waals surface area contributed by atoms with Gasteiger partial charge >= 0.3 is 16.2 Å². The van der Waals surface area contributed by atoms with Crippen molar-refractivity contribution in [2.24, 2.45) is 0 Å². The molecule has 1 fully saturated rings. The number of nitrogens with zero attached hydrogens (tertiary/aromatic N) is 2. The van der Waals surface area contributed by atoms with Gasteiger partial charge in [-0.2, -0.15) is 8.42 Å². The van der Waals surface area contributed by atoms with Crippen molar-refractivity contribution in [2.45, 2.75) is 31.3 Å². The van der Waals surface area contributed by atoms with Crippen LogP contribution in [0.1, 0.15) is 19.8 Å². The maximum Gasteiger partial charge on any atom is 0.407 e. The molecule has 9 heteroatoms. The maximum atomic E-state index is 11.9. The van der Waals surface area contributed by atoms with Crippen LogP contribution in [-0.2, 0) is 10.1 Å². The average Bonchev–Trinajstić information content (AvgIpc) is 2.55. The van der Waals surface area contributed by atoms with E-state index >= 15 is 0 Å². The Morgan fingerprint density at radius 3 is 2.38 bits per heavy atom. The molecule has 0 saturated carbocycles. The number of anilines is 1. The lowest BCUT2D eigenvalue weighted by Crippen LogP contribution is -2.54. The Bertz CT molecular complexity index is 644. The van der Waals surface area contributed by atoms with E-state index in [-0.39, 0.29) is 6.04 Å². The van der Waals surface area contributed by atoms with Crippen LogP contribution in [0.2, 0.25) is 0 Å². The van der Waals surface area contributed by atoms with Crippen molar-refractivity contribution in [3.05, 3.63) is 30.3 Å². The Morgan fingerprint density at radius 1 is 1.33 bits per heavy atom. The molecule has 8 nitrogen and oxygen atoms in total. The highest BCUT2D eigenvalue weighted by Crippen LogP contribution is 2.22. The Balaban J connectivity index is 2.16. The number of hydrogen-bond donors (Lipinski definition) is 3. The van der Waals surface area contributed by atoms with Crippen molar-refractivity contribution >= 4 is 21.9 Å². The van der Waals surface area contributed by atoms with Gasteiger partial charge in [-0.1, -0.05) is 25.1 Å². The summed E-state index contributed by atoms with van der Waals surface area (Å²) in [5, 5.41) is 11.9. The van der Waals surface area contributed by atoms with Crippen molar-refractivity contribution in [1.82, 2.24) is 9.80 Å². The second-order valence-corrected chi connectivity index (χ2v) is 7.19. The molecule has 1 unspecified atom stereocenters. The lowest BCUT2D eigenvalue weighted by molar-refractivity contribution is 0.0929. The van der Waals surface area contributed by atoms with Crippen LogP contribution in [0.25, 0.3) is 0 Å². The first-order chi connectivity index (χ1) is 11.3. The zero-order valence-electron chi connectivity index (χ0n) is 13.5. The largest absolute Gasteiger partial charge is 0.465 e. The monoisotopic (exact) mass is 357 g/mol. The van der Waals surface area contributed by atoms with Gasteiger partial charge in [-0.25, -0.2) is 4.79 Å². The number of carboxylic acid groups (broad SMARTS) is 1. The van der Waals surface area contributed by atoms with E-state index in [1.165, 1.54) is 4.90 Å². The van der Waals surface area contributed by atoms with Crippen molar-refractivity contribution in [3.8, 4) is 0 Å². The Morgan fingerprint density at radius 2 is 1.92 bits per heavy atom. The van der Waals surface area contributed by atoms with E-state index in [0.717, 1.165) is 0 Å². The molecule has 3 N–H and O–H groups in total. The summed E-state index contributed by atoms with van der Waals surface area (Å²) in [4.78, 5) is 14.0. The maximum absolute atomic E-state index is 11.9. The predicted molar refractivity (Wildman–Crippen MR) is 90.4 cm³/mol. The van der Waals surface area contributed by atoms with E-state index in [4.69, 9.17) is 5.11 Å². The number of rotatable bonds is 6. The summed E-state index contributed by atoms with van der Waals surface area (Å²) in [5.74, 6) is 0. The molecule has 1 aromatic rings. The molecule has 1 amide bonds. The number of benzene rings is 1. The number of hydrogen-bond acceptors (Lipinski definition) is 5. The molecule has 0 bridgehead atoms. The number of nitrogens with one attached hydrogen (secondary N) is 1. The first-order valence-corrected chi connectivity index (χ1v) is 9.34. The van der Waals surface area contributed by atoms with E-state index in [2.05, 4.69) is 5.32 Å². The highest BCUT2D eigenvalue weighted by Gasteiger charge is 2.36. The molecule has 1 aliphatic rings. The van der Waals surface area contributed by atoms with E-state index < -0.39 is 21.7 Å². The molecule has 24 heavy (non-hydrogen) atoms. The SMILES string of the molecule is CCN(C1CCN(C(=O)O)CC1)C(Nc1ccccc1)S(=O)(=O)O. The minimum Gasteiger partial charge on any atom is -0.465 e. The van der Waals surface area contributed by atoms with Gasteiger partial charge in [0.1, 0.15) is 0 Å². The van der Waals surface area contributed by atoms with Crippen molar-refractivity contribution < 1.29 is 22.9 Å². The van der Waals surface area contributed by atoms with Gasteiger partial charge in [0, 0.05) is 24.8 Å². The lowest BCUT2D eigenvalue weighted by atomic mass is 10.0. The Kier molecular flexibility index (Phi) is 6.03. The summed E-state index contributed by atoms with van der Waals surface area (Å²) < 4.78 is 33.5. The van der Waals surface area contributed by atoms with E-state index in [1.54, 1.807) is 29.2 Å². The van der Waals surface area contributed by atoms with Gasteiger partial charge < -0.3 is 15.3 Å². The van der Waals surface area contributed by atoms with Crippen LogP contribution in [-0.4, -0.2) is 65.1 Å². The van der Waals surface area contributed by atoms with Gasteiger partial charge in [0.2, 0.25) is 5.50 Å². The Labute approximate surface area is 141 Å². The molecule has 0 radical (unpaired) electrons. The summed E-state index contributed by atoms with van der Waals surface area (Å²) in [7, 11) is -4.37. The molecule has 1 atom stereocenters. The molecule has 0 aromatic heterocycles. The Hall–Kier alpha value is -1.84. The molecule has 134 valence electrons. The zero-order valence-corrected chi connectivity index (χ0v) is 14.3. The molecule has 0 spiro atoms. The van der Waals surface area contributed by atoms with Crippen molar-refractivity contribution in [1.29, 1.82) is 0 Å². The predicted octanol–water partition coefficient (Wildman–Crippen LogP) is 1.73.